The van der Waals surface area contributed by atoms with E-state index in [-0.39, 0.29) is 10.7 Å². The van der Waals surface area contributed by atoms with Crippen molar-refractivity contribution in [3.8, 4) is 0 Å². The van der Waals surface area contributed by atoms with E-state index in [0.717, 1.165) is 9.37 Å². The van der Waals surface area contributed by atoms with Gasteiger partial charge in [-0.25, -0.2) is 13.1 Å². The number of hydrogen-bond acceptors (Lipinski definition) is 4. The van der Waals surface area contributed by atoms with Crippen molar-refractivity contribution in [3.05, 3.63) is 58.6 Å². The smallest absolute Gasteiger partial charge is 0.240 e. The lowest BCUT2D eigenvalue weighted by Gasteiger charge is -2.07. The molecule has 0 aliphatic heterocycles. The topological polar surface area (TPSA) is 63.2 Å². The molecular formula is C16H16BrNO3S2. The van der Waals surface area contributed by atoms with Crippen LogP contribution in [-0.2, 0) is 10.0 Å². The Morgan fingerprint density at radius 3 is 2.26 bits per heavy atom. The van der Waals surface area contributed by atoms with Crippen molar-refractivity contribution in [1.29, 1.82) is 0 Å². The molecule has 1 N–H and O–H groups in total. The van der Waals surface area contributed by atoms with Gasteiger partial charge in [-0.2, -0.15) is 0 Å². The van der Waals surface area contributed by atoms with Gasteiger partial charge in [-0.05, 0) is 43.3 Å². The highest BCUT2D eigenvalue weighted by Crippen LogP contribution is 2.20. The number of carbonyl (C=O) groups excluding carboxylic acids is 1. The Balaban J connectivity index is 1.88. The third kappa shape index (κ3) is 5.46. The van der Waals surface area contributed by atoms with Crippen LogP contribution in [0.3, 0.4) is 0 Å². The molecule has 0 bridgehead atoms. The largest absolute Gasteiger partial charge is 0.295 e. The zero-order chi connectivity index (χ0) is 16.9. The molecule has 0 aliphatic rings. The molecule has 0 atom stereocenters. The first-order chi connectivity index (χ1) is 10.9. The highest BCUT2D eigenvalue weighted by atomic mass is 79.9. The molecule has 0 saturated heterocycles. The van der Waals surface area contributed by atoms with Crippen LogP contribution in [0.5, 0.6) is 0 Å². The quantitative estimate of drug-likeness (QED) is 0.426. The number of rotatable bonds is 7. The van der Waals surface area contributed by atoms with Gasteiger partial charge in [0, 0.05) is 27.2 Å². The molecule has 2 aromatic carbocycles. The van der Waals surface area contributed by atoms with Gasteiger partial charge < -0.3 is 0 Å². The van der Waals surface area contributed by atoms with E-state index < -0.39 is 10.0 Å². The van der Waals surface area contributed by atoms with Crippen molar-refractivity contribution in [1.82, 2.24) is 4.72 Å². The SMILES string of the molecule is CC(=O)c1ccc(S(=O)(=O)NCCSc2ccc(Br)cc2)cc1. The summed E-state index contributed by atoms with van der Waals surface area (Å²) in [5, 5.41) is 0. The van der Waals surface area contributed by atoms with Gasteiger partial charge in [0.05, 0.1) is 4.90 Å². The lowest BCUT2D eigenvalue weighted by atomic mass is 10.2. The normalized spacial score (nSPS) is 11.4. The van der Waals surface area contributed by atoms with Crippen LogP contribution in [0.25, 0.3) is 0 Å². The number of carbonyl (C=O) groups is 1. The van der Waals surface area contributed by atoms with E-state index in [4.69, 9.17) is 0 Å². The average molecular weight is 414 g/mol. The third-order valence-electron chi connectivity index (χ3n) is 3.05. The van der Waals surface area contributed by atoms with Gasteiger partial charge in [0.15, 0.2) is 5.78 Å². The zero-order valence-electron chi connectivity index (χ0n) is 12.5. The van der Waals surface area contributed by atoms with E-state index >= 15 is 0 Å². The average Bonchev–Trinajstić information content (AvgIpc) is 2.53. The van der Waals surface area contributed by atoms with E-state index in [2.05, 4.69) is 20.7 Å². The Kier molecular flexibility index (Phi) is 6.41. The Labute approximate surface area is 148 Å². The molecule has 0 spiro atoms. The number of ketones is 1. The van der Waals surface area contributed by atoms with E-state index in [0.29, 0.717) is 17.9 Å². The fourth-order valence-corrected chi connectivity index (χ4v) is 4.02. The molecule has 23 heavy (non-hydrogen) atoms. The summed E-state index contributed by atoms with van der Waals surface area (Å²) in [6.07, 6.45) is 0. The van der Waals surface area contributed by atoms with E-state index in [1.54, 1.807) is 11.8 Å². The van der Waals surface area contributed by atoms with Crippen LogP contribution in [0.15, 0.2) is 62.8 Å². The Bertz CT molecular complexity index is 772. The monoisotopic (exact) mass is 413 g/mol. The fraction of sp³-hybridized carbons (Fsp3) is 0.188. The minimum absolute atomic E-state index is 0.0900. The molecule has 2 rings (SSSR count). The predicted molar refractivity (Wildman–Crippen MR) is 96.5 cm³/mol. The molecule has 0 radical (unpaired) electrons. The first kappa shape index (κ1) is 18.2. The summed E-state index contributed by atoms with van der Waals surface area (Å²) in [6.45, 7) is 1.78. The number of halogens is 1. The molecule has 7 heteroatoms. The van der Waals surface area contributed by atoms with E-state index in [1.807, 2.05) is 24.3 Å². The van der Waals surface area contributed by atoms with Crippen LogP contribution in [0.1, 0.15) is 17.3 Å². The Hall–Kier alpha value is -1.15. The van der Waals surface area contributed by atoms with Crippen LogP contribution in [-0.4, -0.2) is 26.5 Å². The van der Waals surface area contributed by atoms with Gasteiger partial charge in [0.2, 0.25) is 10.0 Å². The van der Waals surface area contributed by atoms with Gasteiger partial charge in [0.25, 0.3) is 0 Å². The minimum Gasteiger partial charge on any atom is -0.295 e. The molecule has 122 valence electrons. The van der Waals surface area contributed by atoms with Gasteiger partial charge in [-0.1, -0.05) is 28.1 Å². The van der Waals surface area contributed by atoms with Crippen molar-refractivity contribution in [2.24, 2.45) is 0 Å². The Morgan fingerprint density at radius 1 is 1.09 bits per heavy atom. The maximum Gasteiger partial charge on any atom is 0.240 e. The van der Waals surface area contributed by atoms with Crippen molar-refractivity contribution in [2.45, 2.75) is 16.7 Å². The van der Waals surface area contributed by atoms with Gasteiger partial charge in [-0.15, -0.1) is 11.8 Å². The highest BCUT2D eigenvalue weighted by Gasteiger charge is 2.13. The molecule has 0 amide bonds. The number of Topliss-reactive ketones (excluding diaryl/α,β-unsaturated/α-hetero) is 1. The third-order valence-corrected chi connectivity index (χ3v) is 6.07. The summed E-state index contributed by atoms with van der Waals surface area (Å²) in [4.78, 5) is 12.4. The molecule has 0 heterocycles. The molecule has 2 aromatic rings. The van der Waals surface area contributed by atoms with Gasteiger partial charge in [-0.3, -0.25) is 4.79 Å². The molecule has 0 saturated carbocycles. The van der Waals surface area contributed by atoms with Gasteiger partial charge >= 0.3 is 0 Å². The maximum absolute atomic E-state index is 12.2. The number of thioether (sulfide) groups is 1. The van der Waals surface area contributed by atoms with Crippen LogP contribution in [0.4, 0.5) is 0 Å². The van der Waals surface area contributed by atoms with Crippen molar-refractivity contribution in [2.75, 3.05) is 12.3 Å². The highest BCUT2D eigenvalue weighted by molar-refractivity contribution is 9.10. The van der Waals surface area contributed by atoms with Crippen molar-refractivity contribution >= 4 is 43.5 Å². The summed E-state index contributed by atoms with van der Waals surface area (Å²) < 4.78 is 27.9. The first-order valence-electron chi connectivity index (χ1n) is 6.87. The second kappa shape index (κ2) is 8.10. The molecule has 0 unspecified atom stereocenters. The van der Waals surface area contributed by atoms with Crippen molar-refractivity contribution < 1.29 is 13.2 Å². The minimum atomic E-state index is -3.55. The summed E-state index contributed by atoms with van der Waals surface area (Å²) in [5.74, 6) is 0.541. The second-order valence-corrected chi connectivity index (χ2v) is 8.63. The van der Waals surface area contributed by atoms with E-state index in [9.17, 15) is 13.2 Å². The molecule has 0 fully saturated rings. The van der Waals surface area contributed by atoms with E-state index in [1.165, 1.54) is 31.2 Å². The number of sulfonamides is 1. The molecule has 0 aromatic heterocycles. The summed E-state index contributed by atoms with van der Waals surface area (Å²) >= 11 is 4.95. The lowest BCUT2D eigenvalue weighted by molar-refractivity contribution is 0.101. The molecular weight excluding hydrogens is 398 g/mol. The second-order valence-electron chi connectivity index (χ2n) is 4.78. The van der Waals surface area contributed by atoms with Gasteiger partial charge in [0.1, 0.15) is 0 Å². The van der Waals surface area contributed by atoms with Crippen LogP contribution < -0.4 is 4.72 Å². The summed E-state index contributed by atoms with van der Waals surface area (Å²) in [5.41, 5.74) is 0.495. The molecule has 0 aliphatic carbocycles. The summed E-state index contributed by atoms with van der Waals surface area (Å²) in [7, 11) is -3.55. The predicted octanol–water partition coefficient (Wildman–Crippen LogP) is 3.72. The number of hydrogen-bond donors (Lipinski definition) is 1. The Morgan fingerprint density at radius 2 is 1.70 bits per heavy atom. The van der Waals surface area contributed by atoms with Crippen LogP contribution >= 0.6 is 27.7 Å². The van der Waals surface area contributed by atoms with Crippen LogP contribution in [0.2, 0.25) is 0 Å². The lowest BCUT2D eigenvalue weighted by Crippen LogP contribution is -2.26. The molecule has 4 nitrogen and oxygen atoms in total. The fourth-order valence-electron chi connectivity index (χ4n) is 1.83. The first-order valence-corrected chi connectivity index (χ1v) is 10.1. The zero-order valence-corrected chi connectivity index (χ0v) is 15.7. The van der Waals surface area contributed by atoms with Crippen LogP contribution in [0, 0.1) is 0 Å². The standard InChI is InChI=1S/C16H16BrNO3S2/c1-12(19)13-2-8-16(9-3-13)23(20,21)18-10-11-22-15-6-4-14(17)5-7-15/h2-9,18H,10-11H2,1H3. The summed E-state index contributed by atoms with van der Waals surface area (Å²) in [6, 6.07) is 13.8. The number of nitrogens with one attached hydrogen (secondary N) is 1. The van der Waals surface area contributed by atoms with Crippen molar-refractivity contribution in [3.63, 3.8) is 0 Å². The number of benzene rings is 2. The maximum atomic E-state index is 12.2.